The highest BCUT2D eigenvalue weighted by Crippen LogP contribution is 2.32. The number of esters is 1. The van der Waals surface area contributed by atoms with E-state index in [1.807, 2.05) is 0 Å². The first-order valence-electron chi connectivity index (χ1n) is 8.71. The highest BCUT2D eigenvalue weighted by atomic mass is 35.5. The van der Waals surface area contributed by atoms with Crippen LogP contribution < -0.4 is 10.1 Å². The summed E-state index contributed by atoms with van der Waals surface area (Å²) < 4.78 is 45.0. The molecule has 1 N–H and O–H groups in total. The van der Waals surface area contributed by atoms with Crippen molar-refractivity contribution in [2.24, 2.45) is 0 Å². The van der Waals surface area contributed by atoms with Crippen molar-refractivity contribution in [2.75, 3.05) is 27.4 Å². The molecule has 0 heterocycles. The van der Waals surface area contributed by atoms with Crippen molar-refractivity contribution < 1.29 is 37.3 Å². The largest absolute Gasteiger partial charge is 0.465 e. The van der Waals surface area contributed by atoms with Gasteiger partial charge in [0.25, 0.3) is 0 Å². The molecule has 2 aromatic rings. The molecular weight excluding hydrogens is 424 g/mol. The summed E-state index contributed by atoms with van der Waals surface area (Å²) in [6, 6.07) is 10.6. The number of ether oxygens (including phenoxy) is 4. The maximum Gasteiger partial charge on any atom is 0.406 e. The number of benzene rings is 2. The lowest BCUT2D eigenvalue weighted by Gasteiger charge is -2.21. The Balaban J connectivity index is 2.40. The minimum Gasteiger partial charge on any atom is -0.465 e. The van der Waals surface area contributed by atoms with Gasteiger partial charge in [0.15, 0.2) is 0 Å². The molecule has 0 saturated carbocycles. The number of methoxy groups -OCH3 is 2. The van der Waals surface area contributed by atoms with Crippen LogP contribution in [-0.4, -0.2) is 46.0 Å². The molecule has 162 valence electrons. The van der Waals surface area contributed by atoms with Gasteiger partial charge in [-0.2, -0.15) is 8.78 Å². The third-order valence-electron chi connectivity index (χ3n) is 3.87. The predicted molar refractivity (Wildman–Crippen MR) is 104 cm³/mol. The smallest absolute Gasteiger partial charge is 0.406 e. The number of hydrogen-bond donors (Lipinski definition) is 1. The van der Waals surface area contributed by atoms with E-state index in [0.717, 1.165) is 6.07 Å². The summed E-state index contributed by atoms with van der Waals surface area (Å²) in [4.78, 5) is 23.2. The van der Waals surface area contributed by atoms with Gasteiger partial charge in [0.05, 0.1) is 26.4 Å². The highest BCUT2D eigenvalue weighted by molar-refractivity contribution is 6.30. The van der Waals surface area contributed by atoms with E-state index in [-0.39, 0.29) is 24.5 Å². The van der Waals surface area contributed by atoms with Crippen molar-refractivity contribution in [1.82, 2.24) is 5.32 Å². The fourth-order valence-electron chi connectivity index (χ4n) is 2.64. The number of carbonyl (C=O) groups excluding carboxylic acids is 2. The average Bonchev–Trinajstić information content (AvgIpc) is 2.72. The van der Waals surface area contributed by atoms with Crippen molar-refractivity contribution in [3.8, 4) is 5.75 Å². The Morgan fingerprint density at radius 3 is 2.47 bits per heavy atom. The highest BCUT2D eigenvalue weighted by Gasteiger charge is 2.20. The van der Waals surface area contributed by atoms with E-state index in [0.29, 0.717) is 16.1 Å². The van der Waals surface area contributed by atoms with Gasteiger partial charge in [0.2, 0.25) is 0 Å². The van der Waals surface area contributed by atoms with Gasteiger partial charge >= 0.3 is 18.7 Å². The van der Waals surface area contributed by atoms with Crippen LogP contribution in [0.1, 0.15) is 27.6 Å². The summed E-state index contributed by atoms with van der Waals surface area (Å²) in [5.41, 5.74) is 0.966. The van der Waals surface area contributed by atoms with Gasteiger partial charge in [-0.1, -0.05) is 23.7 Å². The number of nitrogens with one attached hydrogen (secondary N) is 1. The first-order chi connectivity index (χ1) is 14.3. The van der Waals surface area contributed by atoms with Crippen molar-refractivity contribution in [3.05, 3.63) is 64.2 Å². The third kappa shape index (κ3) is 6.85. The van der Waals surface area contributed by atoms with E-state index in [2.05, 4.69) is 19.5 Å². The molecule has 1 atom stereocenters. The maximum atomic E-state index is 12.8. The average molecular weight is 444 g/mol. The van der Waals surface area contributed by atoms with Crippen LogP contribution in [-0.2, 0) is 14.2 Å². The second kappa shape index (κ2) is 11.3. The first-order valence-corrected chi connectivity index (χ1v) is 9.08. The molecule has 2 rings (SSSR count). The fraction of sp³-hybridized carbons (Fsp3) is 0.300. The summed E-state index contributed by atoms with van der Waals surface area (Å²) in [6.45, 7) is -2.90. The molecule has 0 aromatic heterocycles. The predicted octanol–water partition coefficient (Wildman–Crippen LogP) is 4.19. The number of rotatable bonds is 9. The van der Waals surface area contributed by atoms with E-state index >= 15 is 0 Å². The Labute approximate surface area is 176 Å². The summed E-state index contributed by atoms with van der Waals surface area (Å²) in [5.74, 6) is -0.959. The van der Waals surface area contributed by atoms with Crippen LogP contribution >= 0.6 is 11.6 Å². The molecule has 0 spiro atoms. The van der Waals surface area contributed by atoms with Gasteiger partial charge in [0, 0.05) is 11.6 Å². The van der Waals surface area contributed by atoms with Gasteiger partial charge < -0.3 is 24.3 Å². The Morgan fingerprint density at radius 1 is 1.07 bits per heavy atom. The van der Waals surface area contributed by atoms with E-state index in [9.17, 15) is 18.4 Å². The molecule has 0 aliphatic carbocycles. The monoisotopic (exact) mass is 443 g/mol. The van der Waals surface area contributed by atoms with Crippen LogP contribution in [0.3, 0.4) is 0 Å². The molecule has 7 nitrogen and oxygen atoms in total. The molecule has 0 radical (unpaired) electrons. The molecule has 0 fully saturated rings. The number of alkyl halides is 2. The SMILES string of the molecule is COC(=O)NCCOC(c1cccc(Cl)c1)c1cc(OC(F)F)cc(C(=O)OC)c1. The minimum atomic E-state index is -3.08. The molecule has 2 aromatic carbocycles. The van der Waals surface area contributed by atoms with E-state index in [1.54, 1.807) is 24.3 Å². The number of halogens is 3. The third-order valence-corrected chi connectivity index (χ3v) is 4.11. The van der Waals surface area contributed by atoms with Crippen molar-refractivity contribution in [1.29, 1.82) is 0 Å². The first kappa shape index (κ1) is 23.4. The molecular formula is C20H20ClF2NO6. The van der Waals surface area contributed by atoms with Crippen LogP contribution in [0, 0.1) is 0 Å². The van der Waals surface area contributed by atoms with E-state index in [4.69, 9.17) is 16.3 Å². The summed E-state index contributed by atoms with van der Waals surface area (Å²) >= 11 is 6.08. The topological polar surface area (TPSA) is 83.1 Å². The number of carbonyl (C=O) groups is 2. The summed E-state index contributed by atoms with van der Waals surface area (Å²) in [5, 5.41) is 2.90. The zero-order valence-corrected chi connectivity index (χ0v) is 16.9. The molecule has 10 heteroatoms. The van der Waals surface area contributed by atoms with Gasteiger partial charge in [-0.15, -0.1) is 0 Å². The van der Waals surface area contributed by atoms with E-state index in [1.165, 1.54) is 26.4 Å². The van der Waals surface area contributed by atoms with Crippen LogP contribution in [0.25, 0.3) is 0 Å². The number of hydrogen-bond acceptors (Lipinski definition) is 6. The standard InChI is InChI=1S/C20H20ClF2NO6/c1-27-18(25)14-8-13(10-16(11-14)30-19(22)23)17(12-4-3-5-15(21)9-12)29-7-6-24-20(26)28-2/h3-5,8-11,17,19H,6-7H2,1-2H3,(H,24,26). The number of alkyl carbamates (subject to hydrolysis) is 1. The molecule has 0 aliphatic rings. The van der Waals surface area contributed by atoms with Crippen LogP contribution in [0.5, 0.6) is 5.75 Å². The molecule has 30 heavy (non-hydrogen) atoms. The van der Waals surface area contributed by atoms with Crippen molar-refractivity contribution in [3.63, 3.8) is 0 Å². The lowest BCUT2D eigenvalue weighted by atomic mass is 9.99. The summed E-state index contributed by atoms with van der Waals surface area (Å²) in [6.07, 6.45) is -1.43. The normalized spacial score (nSPS) is 11.7. The lowest BCUT2D eigenvalue weighted by molar-refractivity contribution is -0.0501. The van der Waals surface area contributed by atoms with Crippen molar-refractivity contribution >= 4 is 23.7 Å². The van der Waals surface area contributed by atoms with Crippen molar-refractivity contribution in [2.45, 2.75) is 12.7 Å². The maximum absolute atomic E-state index is 12.8. The Morgan fingerprint density at radius 2 is 1.83 bits per heavy atom. The van der Waals surface area contributed by atoms with Crippen LogP contribution in [0.4, 0.5) is 13.6 Å². The molecule has 1 amide bonds. The Kier molecular flexibility index (Phi) is 8.82. The van der Waals surface area contributed by atoms with Gasteiger partial charge in [-0.3, -0.25) is 0 Å². The quantitative estimate of drug-likeness (QED) is 0.462. The molecule has 0 aliphatic heterocycles. The zero-order valence-electron chi connectivity index (χ0n) is 16.2. The fourth-order valence-corrected chi connectivity index (χ4v) is 2.84. The van der Waals surface area contributed by atoms with Crippen LogP contribution in [0.15, 0.2) is 42.5 Å². The second-order valence-corrected chi connectivity index (χ2v) is 6.32. The molecule has 0 saturated heterocycles. The Bertz CT molecular complexity index is 880. The molecule has 0 bridgehead atoms. The van der Waals surface area contributed by atoms with Gasteiger partial charge in [0.1, 0.15) is 11.9 Å². The van der Waals surface area contributed by atoms with Crippen LogP contribution in [0.2, 0.25) is 5.02 Å². The number of amides is 1. The second-order valence-electron chi connectivity index (χ2n) is 5.89. The lowest BCUT2D eigenvalue weighted by Crippen LogP contribution is -2.27. The molecule has 1 unspecified atom stereocenters. The van der Waals surface area contributed by atoms with Gasteiger partial charge in [-0.25, -0.2) is 9.59 Å². The summed E-state index contributed by atoms with van der Waals surface area (Å²) in [7, 11) is 2.40. The Hall–Kier alpha value is -2.91. The van der Waals surface area contributed by atoms with E-state index < -0.39 is 24.8 Å². The van der Waals surface area contributed by atoms with Gasteiger partial charge in [-0.05, 0) is 41.5 Å². The minimum absolute atomic E-state index is 0.00830. The zero-order chi connectivity index (χ0) is 22.1.